The first-order valence-electron chi connectivity index (χ1n) is 6.71. The highest BCUT2D eigenvalue weighted by Crippen LogP contribution is 2.46. The van der Waals surface area contributed by atoms with Gasteiger partial charge in [0.1, 0.15) is 0 Å². The largest absolute Gasteiger partial charge is 0.0654 e. The topological polar surface area (TPSA) is 0 Å². The SMILES string of the molecule is CCCCCC1(C(C)C)CCCCC1. The zero-order valence-corrected chi connectivity index (χ0v) is 10.4. The van der Waals surface area contributed by atoms with Gasteiger partial charge in [-0.1, -0.05) is 59.3 Å². The van der Waals surface area contributed by atoms with Crippen LogP contribution < -0.4 is 0 Å². The molecule has 1 rings (SSSR count). The van der Waals surface area contributed by atoms with Gasteiger partial charge in [-0.3, -0.25) is 0 Å². The third-order valence-corrected chi connectivity index (χ3v) is 4.35. The van der Waals surface area contributed by atoms with E-state index in [1.54, 1.807) is 0 Å². The maximum Gasteiger partial charge on any atom is -0.0274 e. The minimum atomic E-state index is 0.730. The Labute approximate surface area is 90.5 Å². The van der Waals surface area contributed by atoms with Crippen LogP contribution in [0, 0.1) is 11.3 Å². The second-order valence-electron chi connectivity index (χ2n) is 5.53. The fourth-order valence-electron chi connectivity index (χ4n) is 3.10. The first kappa shape index (κ1) is 12.1. The second-order valence-corrected chi connectivity index (χ2v) is 5.53. The van der Waals surface area contributed by atoms with Crippen molar-refractivity contribution in [2.75, 3.05) is 0 Å². The highest BCUT2D eigenvalue weighted by molar-refractivity contribution is 4.85. The summed E-state index contributed by atoms with van der Waals surface area (Å²) in [5.74, 6) is 0.902. The lowest BCUT2D eigenvalue weighted by Crippen LogP contribution is -2.29. The van der Waals surface area contributed by atoms with E-state index < -0.39 is 0 Å². The van der Waals surface area contributed by atoms with Gasteiger partial charge in [-0.25, -0.2) is 0 Å². The van der Waals surface area contributed by atoms with Crippen LogP contribution in [-0.2, 0) is 0 Å². The lowest BCUT2D eigenvalue weighted by Gasteiger charge is -2.41. The van der Waals surface area contributed by atoms with Crippen LogP contribution in [0.2, 0.25) is 0 Å². The van der Waals surface area contributed by atoms with Gasteiger partial charge >= 0.3 is 0 Å². The summed E-state index contributed by atoms with van der Waals surface area (Å²) >= 11 is 0. The summed E-state index contributed by atoms with van der Waals surface area (Å²) < 4.78 is 0. The fraction of sp³-hybridized carbons (Fsp3) is 1.00. The summed E-state index contributed by atoms with van der Waals surface area (Å²) in [6.07, 6.45) is 13.3. The van der Waals surface area contributed by atoms with Crippen LogP contribution in [0.5, 0.6) is 0 Å². The maximum absolute atomic E-state index is 2.44. The summed E-state index contributed by atoms with van der Waals surface area (Å²) in [4.78, 5) is 0. The van der Waals surface area contributed by atoms with Gasteiger partial charge in [0, 0.05) is 0 Å². The third kappa shape index (κ3) is 3.00. The van der Waals surface area contributed by atoms with Gasteiger partial charge in [0.15, 0.2) is 0 Å². The first-order chi connectivity index (χ1) is 6.71. The van der Waals surface area contributed by atoms with Crippen molar-refractivity contribution in [3.8, 4) is 0 Å². The van der Waals surface area contributed by atoms with E-state index in [2.05, 4.69) is 20.8 Å². The molecule has 0 heterocycles. The number of unbranched alkanes of at least 4 members (excludes halogenated alkanes) is 2. The molecule has 14 heavy (non-hydrogen) atoms. The summed E-state index contributed by atoms with van der Waals surface area (Å²) in [5, 5.41) is 0. The monoisotopic (exact) mass is 196 g/mol. The number of hydrogen-bond donors (Lipinski definition) is 0. The minimum absolute atomic E-state index is 0.730. The van der Waals surface area contributed by atoms with E-state index in [0.717, 1.165) is 11.3 Å². The predicted molar refractivity (Wildman–Crippen MR) is 64.5 cm³/mol. The first-order valence-corrected chi connectivity index (χ1v) is 6.71. The van der Waals surface area contributed by atoms with Crippen LogP contribution in [0.1, 0.15) is 78.6 Å². The summed E-state index contributed by atoms with van der Waals surface area (Å²) in [5.41, 5.74) is 0.730. The van der Waals surface area contributed by atoms with Crippen molar-refractivity contribution in [2.45, 2.75) is 78.6 Å². The molecule has 0 radical (unpaired) electrons. The van der Waals surface area contributed by atoms with Crippen molar-refractivity contribution < 1.29 is 0 Å². The van der Waals surface area contributed by atoms with Crippen molar-refractivity contribution in [3.05, 3.63) is 0 Å². The summed E-state index contributed by atoms with van der Waals surface area (Å²) in [6.45, 7) is 7.19. The average Bonchev–Trinajstić information content (AvgIpc) is 2.19. The Morgan fingerprint density at radius 1 is 1.00 bits per heavy atom. The lowest BCUT2D eigenvalue weighted by atomic mass is 9.64. The number of rotatable bonds is 5. The van der Waals surface area contributed by atoms with Crippen LogP contribution >= 0.6 is 0 Å². The maximum atomic E-state index is 2.44. The van der Waals surface area contributed by atoms with Gasteiger partial charge in [0.25, 0.3) is 0 Å². The molecule has 0 spiro atoms. The fourth-order valence-corrected chi connectivity index (χ4v) is 3.10. The molecule has 0 nitrogen and oxygen atoms in total. The molecule has 0 aromatic carbocycles. The molecule has 1 aliphatic rings. The lowest BCUT2D eigenvalue weighted by molar-refractivity contribution is 0.101. The van der Waals surface area contributed by atoms with Crippen molar-refractivity contribution in [1.82, 2.24) is 0 Å². The zero-order valence-electron chi connectivity index (χ0n) is 10.4. The van der Waals surface area contributed by atoms with E-state index in [-0.39, 0.29) is 0 Å². The van der Waals surface area contributed by atoms with Gasteiger partial charge in [-0.05, 0) is 30.6 Å². The molecule has 0 aromatic rings. The van der Waals surface area contributed by atoms with E-state index >= 15 is 0 Å². The van der Waals surface area contributed by atoms with Gasteiger partial charge in [0.05, 0.1) is 0 Å². The van der Waals surface area contributed by atoms with E-state index in [1.165, 1.54) is 57.8 Å². The normalized spacial score (nSPS) is 21.4. The summed E-state index contributed by atoms with van der Waals surface area (Å²) in [7, 11) is 0. The Bertz CT molecular complexity index is 140. The highest BCUT2D eigenvalue weighted by atomic mass is 14.4. The molecule has 1 aliphatic carbocycles. The van der Waals surface area contributed by atoms with Crippen molar-refractivity contribution >= 4 is 0 Å². The molecule has 0 heteroatoms. The zero-order chi connectivity index (χ0) is 10.4. The van der Waals surface area contributed by atoms with Gasteiger partial charge in [0.2, 0.25) is 0 Å². The highest BCUT2D eigenvalue weighted by Gasteiger charge is 2.33. The van der Waals surface area contributed by atoms with E-state index in [4.69, 9.17) is 0 Å². The van der Waals surface area contributed by atoms with Gasteiger partial charge < -0.3 is 0 Å². The van der Waals surface area contributed by atoms with Crippen molar-refractivity contribution in [3.63, 3.8) is 0 Å². The van der Waals surface area contributed by atoms with E-state index in [1.807, 2.05) is 0 Å². The van der Waals surface area contributed by atoms with Crippen LogP contribution in [0.25, 0.3) is 0 Å². The molecular formula is C14H28. The molecule has 0 saturated heterocycles. The molecule has 0 aliphatic heterocycles. The number of hydrogen-bond acceptors (Lipinski definition) is 0. The molecule has 0 unspecified atom stereocenters. The van der Waals surface area contributed by atoms with Crippen molar-refractivity contribution in [1.29, 1.82) is 0 Å². The second kappa shape index (κ2) is 5.78. The molecule has 0 amide bonds. The Morgan fingerprint density at radius 2 is 1.64 bits per heavy atom. The Kier molecular flexibility index (Phi) is 4.98. The van der Waals surface area contributed by atoms with Crippen LogP contribution in [0.3, 0.4) is 0 Å². The Balaban J connectivity index is 2.43. The van der Waals surface area contributed by atoms with E-state index in [0.29, 0.717) is 0 Å². The molecule has 0 N–H and O–H groups in total. The van der Waals surface area contributed by atoms with Crippen LogP contribution in [0.4, 0.5) is 0 Å². The van der Waals surface area contributed by atoms with Crippen LogP contribution in [-0.4, -0.2) is 0 Å². The molecular weight excluding hydrogens is 168 g/mol. The minimum Gasteiger partial charge on any atom is -0.0654 e. The molecule has 0 bridgehead atoms. The quantitative estimate of drug-likeness (QED) is 0.532. The predicted octanol–water partition coefficient (Wildman–Crippen LogP) is 5.17. The Hall–Kier alpha value is 0. The third-order valence-electron chi connectivity index (χ3n) is 4.35. The molecule has 1 fully saturated rings. The van der Waals surface area contributed by atoms with Gasteiger partial charge in [-0.2, -0.15) is 0 Å². The van der Waals surface area contributed by atoms with Crippen LogP contribution in [0.15, 0.2) is 0 Å². The Morgan fingerprint density at radius 3 is 2.14 bits per heavy atom. The molecule has 0 atom stereocenters. The van der Waals surface area contributed by atoms with Crippen molar-refractivity contribution in [2.24, 2.45) is 11.3 Å². The average molecular weight is 196 g/mol. The molecule has 0 aromatic heterocycles. The summed E-state index contributed by atoms with van der Waals surface area (Å²) in [6, 6.07) is 0. The smallest absolute Gasteiger partial charge is 0.0274 e. The van der Waals surface area contributed by atoms with E-state index in [9.17, 15) is 0 Å². The molecule has 1 saturated carbocycles. The standard InChI is InChI=1S/C14H28/c1-4-5-7-10-14(13(2)3)11-8-6-9-12-14/h13H,4-12H2,1-3H3. The molecule has 84 valence electrons. The van der Waals surface area contributed by atoms with Gasteiger partial charge in [-0.15, -0.1) is 0 Å².